The van der Waals surface area contributed by atoms with Crippen LogP contribution in [0.5, 0.6) is 0 Å². The van der Waals surface area contributed by atoms with Crippen molar-refractivity contribution in [3.8, 4) is 0 Å². The molecule has 1 heterocycles. The van der Waals surface area contributed by atoms with Crippen molar-refractivity contribution in [3.05, 3.63) is 100.0 Å². The minimum Gasteiger partial charge on any atom is -0.349 e. The summed E-state index contributed by atoms with van der Waals surface area (Å²) in [7, 11) is 0. The summed E-state index contributed by atoms with van der Waals surface area (Å²) in [6.45, 7) is 2.60. The first-order chi connectivity index (χ1) is 16.6. The van der Waals surface area contributed by atoms with Crippen molar-refractivity contribution in [2.75, 3.05) is 4.90 Å². The summed E-state index contributed by atoms with van der Waals surface area (Å²) < 4.78 is 0. The second-order valence-corrected chi connectivity index (χ2v) is 10.1. The molecule has 1 aliphatic heterocycles. The van der Waals surface area contributed by atoms with Gasteiger partial charge in [-0.3, -0.25) is 9.59 Å². The van der Waals surface area contributed by atoms with Crippen LogP contribution in [0.3, 0.4) is 0 Å². The number of para-hydroxylation sites is 1. The van der Waals surface area contributed by atoms with Gasteiger partial charge in [-0.05, 0) is 66.8 Å². The van der Waals surface area contributed by atoms with E-state index in [1.807, 2.05) is 65.6 Å². The summed E-state index contributed by atoms with van der Waals surface area (Å²) >= 11 is 1.50. The molecule has 5 heteroatoms. The molecular formula is C29H28N2O2S. The number of hydrogen-bond donors (Lipinski definition) is 1. The van der Waals surface area contributed by atoms with Crippen molar-refractivity contribution in [3.63, 3.8) is 0 Å². The summed E-state index contributed by atoms with van der Waals surface area (Å²) in [6.07, 6.45) is 6.43. The van der Waals surface area contributed by atoms with Crippen LogP contribution in [0.15, 0.2) is 82.6 Å². The van der Waals surface area contributed by atoms with Gasteiger partial charge in [0.1, 0.15) is 0 Å². The van der Waals surface area contributed by atoms with Gasteiger partial charge in [0.25, 0.3) is 11.8 Å². The van der Waals surface area contributed by atoms with E-state index in [9.17, 15) is 9.59 Å². The molecule has 0 aromatic heterocycles. The molecule has 1 saturated carbocycles. The lowest BCUT2D eigenvalue weighted by molar-refractivity contribution is -0.114. The maximum Gasteiger partial charge on any atom is 0.265 e. The fourth-order valence-electron chi connectivity index (χ4n) is 4.60. The van der Waals surface area contributed by atoms with Gasteiger partial charge in [0.05, 0.1) is 17.1 Å². The van der Waals surface area contributed by atoms with E-state index in [1.54, 1.807) is 0 Å². The van der Waals surface area contributed by atoms with Gasteiger partial charge in [-0.25, -0.2) is 0 Å². The molecule has 1 N–H and O–H groups in total. The van der Waals surface area contributed by atoms with Crippen LogP contribution in [0.1, 0.15) is 52.7 Å². The Kier molecular flexibility index (Phi) is 6.54. The number of nitrogens with one attached hydrogen (secondary N) is 1. The number of aryl methyl sites for hydroxylation is 1. The number of amides is 2. The van der Waals surface area contributed by atoms with Crippen molar-refractivity contribution in [1.29, 1.82) is 0 Å². The van der Waals surface area contributed by atoms with Crippen molar-refractivity contribution in [2.45, 2.75) is 50.1 Å². The summed E-state index contributed by atoms with van der Waals surface area (Å²) in [4.78, 5) is 29.7. The molecule has 1 aliphatic carbocycles. The standard InChI is InChI=1S/C29H28N2O2S/c1-20-8-2-3-9-23(20)19-31-25-12-6-7-13-26(25)34-27(29(31)33)18-21-14-16-22(17-15-21)28(32)30-24-10-4-5-11-24/h2-3,6-9,12-18,24H,4-5,10-11,19H2,1H3,(H,30,32)/b27-18+. The number of fused-ring (bicyclic) bond motifs is 1. The highest BCUT2D eigenvalue weighted by Gasteiger charge is 2.29. The van der Waals surface area contributed by atoms with Gasteiger partial charge in [-0.1, -0.05) is 73.1 Å². The monoisotopic (exact) mass is 468 g/mol. The molecule has 0 bridgehead atoms. The van der Waals surface area contributed by atoms with Gasteiger partial charge in [0.2, 0.25) is 0 Å². The molecule has 4 nitrogen and oxygen atoms in total. The SMILES string of the molecule is Cc1ccccc1CN1C(=O)/C(=C\c2ccc(C(=O)NC3CCCC3)cc2)Sc2ccccc21. The number of nitrogens with zero attached hydrogens (tertiary/aromatic N) is 1. The van der Waals surface area contributed by atoms with Crippen molar-refractivity contribution in [2.24, 2.45) is 0 Å². The first kappa shape index (κ1) is 22.5. The molecule has 34 heavy (non-hydrogen) atoms. The largest absolute Gasteiger partial charge is 0.349 e. The Bertz CT molecular complexity index is 1240. The molecule has 3 aromatic rings. The van der Waals surface area contributed by atoms with Crippen LogP contribution >= 0.6 is 11.8 Å². The van der Waals surface area contributed by atoms with E-state index >= 15 is 0 Å². The number of carbonyl (C=O) groups excluding carboxylic acids is 2. The summed E-state index contributed by atoms with van der Waals surface area (Å²) in [6, 6.07) is 24.0. The third-order valence-corrected chi connectivity index (χ3v) is 7.66. The fourth-order valence-corrected chi connectivity index (χ4v) is 5.66. The highest BCUT2D eigenvalue weighted by molar-refractivity contribution is 8.04. The molecule has 0 radical (unpaired) electrons. The number of thioether (sulfide) groups is 1. The Morgan fingerprint density at radius 3 is 2.47 bits per heavy atom. The van der Waals surface area contributed by atoms with Crippen LogP contribution in [0.25, 0.3) is 6.08 Å². The Balaban J connectivity index is 1.39. The Hall–Kier alpha value is -3.31. The lowest BCUT2D eigenvalue weighted by Crippen LogP contribution is -2.34. The van der Waals surface area contributed by atoms with E-state index in [1.165, 1.54) is 30.2 Å². The van der Waals surface area contributed by atoms with Gasteiger partial charge in [-0.2, -0.15) is 0 Å². The fraction of sp³-hybridized carbons (Fsp3) is 0.241. The van der Waals surface area contributed by atoms with Gasteiger partial charge >= 0.3 is 0 Å². The molecule has 0 unspecified atom stereocenters. The third kappa shape index (κ3) is 4.80. The number of hydrogen-bond acceptors (Lipinski definition) is 3. The number of rotatable bonds is 5. The maximum absolute atomic E-state index is 13.5. The van der Waals surface area contributed by atoms with Crippen LogP contribution in [0.2, 0.25) is 0 Å². The van der Waals surface area contributed by atoms with E-state index in [4.69, 9.17) is 0 Å². The normalized spacial score (nSPS) is 17.1. The second-order valence-electron chi connectivity index (χ2n) is 8.97. The van der Waals surface area contributed by atoms with Gasteiger partial charge < -0.3 is 10.2 Å². The number of benzene rings is 3. The van der Waals surface area contributed by atoms with Crippen molar-refractivity contribution in [1.82, 2.24) is 5.32 Å². The predicted octanol–water partition coefficient (Wildman–Crippen LogP) is 6.35. The molecule has 0 spiro atoms. The minimum absolute atomic E-state index is 0.00462. The molecular weight excluding hydrogens is 440 g/mol. The molecule has 3 aromatic carbocycles. The maximum atomic E-state index is 13.5. The van der Waals surface area contributed by atoms with Crippen molar-refractivity contribution >= 4 is 35.3 Å². The Morgan fingerprint density at radius 2 is 1.71 bits per heavy atom. The highest BCUT2D eigenvalue weighted by Crippen LogP contribution is 2.42. The molecule has 2 amide bonds. The molecule has 2 aliphatic rings. The van der Waals surface area contributed by atoms with Gasteiger partial charge in [0, 0.05) is 16.5 Å². The highest BCUT2D eigenvalue weighted by atomic mass is 32.2. The first-order valence-electron chi connectivity index (χ1n) is 11.8. The number of carbonyl (C=O) groups is 2. The van der Waals surface area contributed by atoms with Crippen molar-refractivity contribution < 1.29 is 9.59 Å². The topological polar surface area (TPSA) is 49.4 Å². The van der Waals surface area contributed by atoms with Gasteiger partial charge in [-0.15, -0.1) is 0 Å². The molecule has 0 saturated heterocycles. The van der Waals surface area contributed by atoms with Gasteiger partial charge in [0.15, 0.2) is 0 Å². The van der Waals surface area contributed by atoms with Crippen LogP contribution in [0, 0.1) is 6.92 Å². The quantitative estimate of drug-likeness (QED) is 0.444. The van der Waals surface area contributed by atoms with Crippen LogP contribution in [-0.2, 0) is 11.3 Å². The van der Waals surface area contributed by atoms with E-state index in [-0.39, 0.29) is 11.8 Å². The lowest BCUT2D eigenvalue weighted by atomic mass is 10.1. The average molecular weight is 469 g/mol. The zero-order valence-corrected chi connectivity index (χ0v) is 20.1. The minimum atomic E-state index is -0.0208. The van der Waals surface area contributed by atoms with Crippen LogP contribution < -0.4 is 10.2 Å². The number of anilines is 1. The summed E-state index contributed by atoms with van der Waals surface area (Å²) in [5.41, 5.74) is 4.81. The van der Waals surface area contributed by atoms with E-state index < -0.39 is 0 Å². The molecule has 172 valence electrons. The zero-order chi connectivity index (χ0) is 23.5. The Morgan fingerprint density at radius 1 is 1.00 bits per heavy atom. The van der Waals surface area contributed by atoms with Crippen LogP contribution in [0.4, 0.5) is 5.69 Å². The third-order valence-electron chi connectivity index (χ3n) is 6.58. The molecule has 1 fully saturated rings. The first-order valence-corrected chi connectivity index (χ1v) is 12.7. The lowest BCUT2D eigenvalue weighted by Gasteiger charge is -2.31. The van der Waals surface area contributed by atoms with Crippen LogP contribution in [-0.4, -0.2) is 17.9 Å². The summed E-state index contributed by atoms with van der Waals surface area (Å²) in [5, 5.41) is 3.13. The zero-order valence-electron chi connectivity index (χ0n) is 19.3. The second kappa shape index (κ2) is 9.90. The van der Waals surface area contributed by atoms with E-state index in [0.29, 0.717) is 23.1 Å². The van der Waals surface area contributed by atoms with E-state index in [0.717, 1.165) is 34.6 Å². The predicted molar refractivity (Wildman–Crippen MR) is 139 cm³/mol. The van der Waals surface area contributed by atoms with E-state index in [2.05, 4.69) is 30.4 Å². The Labute approximate surface area is 205 Å². The summed E-state index contributed by atoms with van der Waals surface area (Å²) in [5.74, 6) is -0.0254. The molecule has 5 rings (SSSR count). The smallest absolute Gasteiger partial charge is 0.265 e. The average Bonchev–Trinajstić information content (AvgIpc) is 3.36. The molecule has 0 atom stereocenters.